The molecule has 0 saturated heterocycles. The summed E-state index contributed by atoms with van der Waals surface area (Å²) in [5.41, 5.74) is 6.13. The number of rotatable bonds is 3. The highest BCUT2D eigenvalue weighted by molar-refractivity contribution is 6.06. The van der Waals surface area contributed by atoms with Crippen LogP contribution in [-0.2, 0) is 0 Å². The second kappa shape index (κ2) is 3.98. The molecular formula is C11H17N3O. The van der Waals surface area contributed by atoms with Crippen molar-refractivity contribution in [2.75, 3.05) is 19.8 Å². The molecule has 4 nitrogen and oxygen atoms in total. The van der Waals surface area contributed by atoms with Crippen molar-refractivity contribution >= 4 is 11.5 Å². The van der Waals surface area contributed by atoms with E-state index in [1.807, 2.05) is 32.8 Å². The van der Waals surface area contributed by atoms with Crippen molar-refractivity contribution < 1.29 is 4.79 Å². The predicted octanol–water partition coefficient (Wildman–Crippen LogP) is 1.19. The topological polar surface area (TPSA) is 59.2 Å². The number of Topliss-reactive ketones (excluding diaryl/α,β-unsaturated/α-hetero) is 1. The monoisotopic (exact) mass is 207 g/mol. The van der Waals surface area contributed by atoms with Gasteiger partial charge >= 0.3 is 0 Å². The van der Waals surface area contributed by atoms with Crippen LogP contribution in [0.15, 0.2) is 18.5 Å². The Bertz CT molecular complexity index is 372. The Morgan fingerprint density at radius 3 is 2.53 bits per heavy atom. The summed E-state index contributed by atoms with van der Waals surface area (Å²) in [6, 6.07) is 1.64. The molecule has 15 heavy (non-hydrogen) atoms. The van der Waals surface area contributed by atoms with Gasteiger partial charge < -0.3 is 5.73 Å². The van der Waals surface area contributed by atoms with Crippen LogP contribution in [-0.4, -0.2) is 35.3 Å². The second-order valence-electron chi connectivity index (χ2n) is 4.25. The van der Waals surface area contributed by atoms with Gasteiger partial charge in [0.2, 0.25) is 0 Å². The number of pyridine rings is 1. The number of nitrogen functional groups attached to an aromatic ring is 1. The minimum Gasteiger partial charge on any atom is -0.398 e. The first-order valence-electron chi connectivity index (χ1n) is 4.79. The molecule has 0 aromatic carbocycles. The van der Waals surface area contributed by atoms with Crippen molar-refractivity contribution in [3.8, 4) is 0 Å². The van der Waals surface area contributed by atoms with Crippen molar-refractivity contribution in [3.63, 3.8) is 0 Å². The first-order chi connectivity index (χ1) is 6.87. The first kappa shape index (κ1) is 11.7. The summed E-state index contributed by atoms with van der Waals surface area (Å²) in [5, 5.41) is 0. The van der Waals surface area contributed by atoms with Crippen LogP contribution in [0.5, 0.6) is 0 Å². The minimum atomic E-state index is -0.572. The van der Waals surface area contributed by atoms with E-state index in [1.54, 1.807) is 12.3 Å². The number of aromatic nitrogens is 1. The van der Waals surface area contributed by atoms with Gasteiger partial charge in [-0.2, -0.15) is 0 Å². The van der Waals surface area contributed by atoms with Gasteiger partial charge in [-0.3, -0.25) is 14.7 Å². The van der Waals surface area contributed by atoms with Gasteiger partial charge in [-0.1, -0.05) is 0 Å². The summed E-state index contributed by atoms with van der Waals surface area (Å²) < 4.78 is 0. The Morgan fingerprint density at radius 2 is 2.07 bits per heavy atom. The Labute approximate surface area is 90.1 Å². The molecule has 0 bridgehead atoms. The summed E-state index contributed by atoms with van der Waals surface area (Å²) in [5.74, 6) is -0.0156. The molecule has 0 fully saturated rings. The van der Waals surface area contributed by atoms with E-state index in [-0.39, 0.29) is 5.78 Å². The molecule has 0 aliphatic rings. The molecule has 0 spiro atoms. The summed E-state index contributed by atoms with van der Waals surface area (Å²) in [7, 11) is 3.73. The van der Waals surface area contributed by atoms with Crippen LogP contribution in [0.2, 0.25) is 0 Å². The van der Waals surface area contributed by atoms with Gasteiger partial charge in [0.25, 0.3) is 0 Å². The molecule has 1 rings (SSSR count). The van der Waals surface area contributed by atoms with Crippen molar-refractivity contribution in [3.05, 3.63) is 24.0 Å². The number of ketones is 1. The van der Waals surface area contributed by atoms with Crippen LogP contribution in [0, 0.1) is 0 Å². The van der Waals surface area contributed by atoms with Gasteiger partial charge in [-0.25, -0.2) is 0 Å². The molecule has 4 heteroatoms. The molecule has 2 N–H and O–H groups in total. The van der Waals surface area contributed by atoms with Crippen LogP contribution in [0.3, 0.4) is 0 Å². The van der Waals surface area contributed by atoms with E-state index in [9.17, 15) is 4.79 Å². The maximum Gasteiger partial charge on any atom is 0.186 e. The quantitative estimate of drug-likeness (QED) is 0.756. The molecule has 1 aromatic heterocycles. The van der Waals surface area contributed by atoms with Crippen LogP contribution in [0.1, 0.15) is 24.2 Å². The van der Waals surface area contributed by atoms with Crippen LogP contribution >= 0.6 is 0 Å². The number of nitrogens with two attached hydrogens (primary N) is 1. The number of likely N-dealkylation sites (N-methyl/N-ethyl adjacent to an activating group) is 1. The van der Waals surface area contributed by atoms with Crippen molar-refractivity contribution in [2.45, 2.75) is 19.4 Å². The lowest BCUT2D eigenvalue weighted by molar-refractivity contribution is 0.0756. The van der Waals surface area contributed by atoms with Crippen LogP contribution < -0.4 is 5.73 Å². The number of nitrogens with zero attached hydrogens (tertiary/aromatic N) is 2. The van der Waals surface area contributed by atoms with Crippen LogP contribution in [0.4, 0.5) is 5.69 Å². The van der Waals surface area contributed by atoms with Gasteiger partial charge in [0, 0.05) is 18.1 Å². The first-order valence-corrected chi connectivity index (χ1v) is 4.79. The smallest absolute Gasteiger partial charge is 0.186 e. The third-order valence-electron chi connectivity index (χ3n) is 2.77. The third-order valence-corrected chi connectivity index (χ3v) is 2.77. The maximum atomic E-state index is 12.2. The lowest BCUT2D eigenvalue weighted by Gasteiger charge is -2.31. The molecule has 0 radical (unpaired) electrons. The highest BCUT2D eigenvalue weighted by Crippen LogP contribution is 2.20. The van der Waals surface area contributed by atoms with E-state index in [1.165, 1.54) is 6.20 Å². The number of hydrogen-bond donors (Lipinski definition) is 1. The molecule has 0 atom stereocenters. The highest BCUT2D eigenvalue weighted by atomic mass is 16.1. The van der Waals surface area contributed by atoms with Gasteiger partial charge in [0.1, 0.15) is 0 Å². The SMILES string of the molecule is CN(C)C(C)(C)C(=O)c1cnccc1N. The number of hydrogen-bond acceptors (Lipinski definition) is 4. The van der Waals surface area contributed by atoms with Crippen molar-refractivity contribution in [2.24, 2.45) is 0 Å². The van der Waals surface area contributed by atoms with E-state index in [0.29, 0.717) is 11.3 Å². The third kappa shape index (κ3) is 2.15. The summed E-state index contributed by atoms with van der Waals surface area (Å²) in [6.45, 7) is 3.73. The van der Waals surface area contributed by atoms with Crippen molar-refractivity contribution in [1.29, 1.82) is 0 Å². The van der Waals surface area contributed by atoms with Gasteiger partial charge in [-0.15, -0.1) is 0 Å². The fourth-order valence-corrected chi connectivity index (χ4v) is 1.13. The zero-order chi connectivity index (χ0) is 11.6. The van der Waals surface area contributed by atoms with E-state index in [2.05, 4.69) is 4.98 Å². The van der Waals surface area contributed by atoms with E-state index in [0.717, 1.165) is 0 Å². The highest BCUT2D eigenvalue weighted by Gasteiger charge is 2.31. The minimum absolute atomic E-state index is 0.0156. The average Bonchev–Trinajstić information content (AvgIpc) is 2.17. The molecule has 1 aromatic rings. The lowest BCUT2D eigenvalue weighted by atomic mass is 9.92. The Kier molecular flexibility index (Phi) is 3.09. The van der Waals surface area contributed by atoms with E-state index < -0.39 is 5.54 Å². The largest absolute Gasteiger partial charge is 0.398 e. The Hall–Kier alpha value is -1.42. The molecule has 0 aliphatic heterocycles. The number of carbonyl (C=O) groups is 1. The lowest BCUT2D eigenvalue weighted by Crippen LogP contribution is -2.45. The normalized spacial score (nSPS) is 11.8. The molecule has 0 saturated carbocycles. The maximum absolute atomic E-state index is 12.2. The standard InChI is InChI=1S/C11H17N3O/c1-11(2,14(3)4)10(15)8-7-13-6-5-9(8)12/h5-7H,1-4H3,(H2,12,13). The van der Waals surface area contributed by atoms with Crippen molar-refractivity contribution in [1.82, 2.24) is 9.88 Å². The van der Waals surface area contributed by atoms with Crippen LogP contribution in [0.25, 0.3) is 0 Å². The van der Waals surface area contributed by atoms with E-state index >= 15 is 0 Å². The van der Waals surface area contributed by atoms with Gasteiger partial charge in [0.15, 0.2) is 5.78 Å². The molecule has 0 amide bonds. The number of anilines is 1. The Morgan fingerprint density at radius 1 is 1.47 bits per heavy atom. The second-order valence-corrected chi connectivity index (χ2v) is 4.25. The Balaban J connectivity index is 3.11. The van der Waals surface area contributed by atoms with E-state index in [4.69, 9.17) is 5.73 Å². The fourth-order valence-electron chi connectivity index (χ4n) is 1.13. The zero-order valence-corrected chi connectivity index (χ0v) is 9.61. The average molecular weight is 207 g/mol. The molecule has 1 heterocycles. The number of carbonyl (C=O) groups excluding carboxylic acids is 1. The molecule has 0 aliphatic carbocycles. The van der Waals surface area contributed by atoms with Gasteiger partial charge in [0.05, 0.1) is 11.1 Å². The summed E-state index contributed by atoms with van der Waals surface area (Å²) in [6.07, 6.45) is 3.09. The zero-order valence-electron chi connectivity index (χ0n) is 9.61. The summed E-state index contributed by atoms with van der Waals surface area (Å²) in [4.78, 5) is 17.9. The van der Waals surface area contributed by atoms with Gasteiger partial charge in [-0.05, 0) is 34.0 Å². The fraction of sp³-hybridized carbons (Fsp3) is 0.455. The molecule has 0 unspecified atom stereocenters. The predicted molar refractivity (Wildman–Crippen MR) is 60.7 cm³/mol. The molecular weight excluding hydrogens is 190 g/mol. The summed E-state index contributed by atoms with van der Waals surface area (Å²) >= 11 is 0. The molecule has 82 valence electrons.